The molecule has 1 aliphatic carbocycles. The van der Waals surface area contributed by atoms with Gasteiger partial charge in [0.2, 0.25) is 5.91 Å². The lowest BCUT2D eigenvalue weighted by Crippen LogP contribution is -2.44. The highest BCUT2D eigenvalue weighted by molar-refractivity contribution is 6.35. The summed E-state index contributed by atoms with van der Waals surface area (Å²) >= 11 is 0. The highest BCUT2D eigenvalue weighted by atomic mass is 16.5. The summed E-state index contributed by atoms with van der Waals surface area (Å²) in [6, 6.07) is 5.06. The quantitative estimate of drug-likeness (QED) is 0.365. The summed E-state index contributed by atoms with van der Waals surface area (Å²) in [4.78, 5) is 36.0. The van der Waals surface area contributed by atoms with Crippen LogP contribution in [0, 0.1) is 0 Å². The highest BCUT2D eigenvalue weighted by Crippen LogP contribution is 2.29. The van der Waals surface area contributed by atoms with Crippen LogP contribution in [0.5, 0.6) is 11.5 Å². The molecule has 158 valence electrons. The third-order valence-electron chi connectivity index (χ3n) is 4.59. The normalized spacial score (nSPS) is 14.7. The second-order valence-electron chi connectivity index (χ2n) is 6.89. The van der Waals surface area contributed by atoms with Gasteiger partial charge in [0.05, 0.1) is 26.3 Å². The van der Waals surface area contributed by atoms with Crippen LogP contribution in [-0.2, 0) is 14.4 Å². The van der Waals surface area contributed by atoms with Crippen LogP contribution >= 0.6 is 0 Å². The van der Waals surface area contributed by atoms with E-state index < -0.39 is 11.8 Å². The Bertz CT molecular complexity index is 772. The predicted molar refractivity (Wildman–Crippen MR) is 109 cm³/mol. The van der Waals surface area contributed by atoms with Crippen molar-refractivity contribution in [3.63, 3.8) is 0 Å². The van der Waals surface area contributed by atoms with Crippen molar-refractivity contribution in [1.82, 2.24) is 10.7 Å². The van der Waals surface area contributed by atoms with E-state index in [-0.39, 0.29) is 18.4 Å². The molecule has 1 saturated carbocycles. The summed E-state index contributed by atoms with van der Waals surface area (Å²) < 4.78 is 10.4. The van der Waals surface area contributed by atoms with Crippen molar-refractivity contribution in [3.8, 4) is 11.5 Å². The Morgan fingerprint density at radius 3 is 2.45 bits per heavy atom. The molecule has 0 atom stereocenters. The number of nitrogens with one attached hydrogen (secondary N) is 3. The molecule has 0 radical (unpaired) electrons. The lowest BCUT2D eigenvalue weighted by atomic mass is 9.95. The van der Waals surface area contributed by atoms with Gasteiger partial charge in [-0.1, -0.05) is 19.3 Å². The first-order valence-electron chi connectivity index (χ1n) is 9.58. The van der Waals surface area contributed by atoms with Crippen molar-refractivity contribution in [2.45, 2.75) is 51.5 Å². The predicted octanol–water partition coefficient (Wildman–Crippen LogP) is 1.97. The van der Waals surface area contributed by atoms with Crippen LogP contribution in [0.25, 0.3) is 0 Å². The van der Waals surface area contributed by atoms with E-state index in [0.717, 1.165) is 32.1 Å². The smallest absolute Gasteiger partial charge is 0.329 e. The SMILES string of the molecule is COc1ccc(NC(=O)CC(C)=NNC(=O)C(=O)NC2CCCCC2)c(OC)c1. The number of anilines is 1. The molecule has 0 saturated heterocycles. The standard InChI is InChI=1S/C20H28N4O5/c1-13(23-24-20(27)19(26)21-14-7-5-4-6-8-14)11-18(25)22-16-10-9-15(28-2)12-17(16)29-3/h9-10,12,14H,4-8,11H2,1-3H3,(H,21,26)(H,22,25)(H,24,27). The molecule has 0 bridgehead atoms. The van der Waals surface area contributed by atoms with Crippen molar-refractivity contribution in [3.05, 3.63) is 18.2 Å². The van der Waals surface area contributed by atoms with E-state index in [2.05, 4.69) is 21.2 Å². The third kappa shape index (κ3) is 7.10. The average Bonchev–Trinajstić information content (AvgIpc) is 2.72. The molecule has 9 nitrogen and oxygen atoms in total. The summed E-state index contributed by atoms with van der Waals surface area (Å²) in [6.07, 6.45) is 4.98. The number of ether oxygens (including phenoxy) is 2. The third-order valence-corrected chi connectivity index (χ3v) is 4.59. The Morgan fingerprint density at radius 2 is 1.79 bits per heavy atom. The molecule has 1 aromatic carbocycles. The van der Waals surface area contributed by atoms with E-state index >= 15 is 0 Å². The van der Waals surface area contributed by atoms with Gasteiger partial charge in [0.15, 0.2) is 0 Å². The van der Waals surface area contributed by atoms with E-state index in [1.807, 2.05) is 0 Å². The molecule has 3 N–H and O–H groups in total. The molecular weight excluding hydrogens is 376 g/mol. The second kappa shape index (κ2) is 11.0. The van der Waals surface area contributed by atoms with Gasteiger partial charge in [-0.2, -0.15) is 5.10 Å². The zero-order valence-corrected chi connectivity index (χ0v) is 17.0. The van der Waals surface area contributed by atoms with Crippen molar-refractivity contribution in [2.24, 2.45) is 5.10 Å². The Labute approximate surface area is 170 Å². The Balaban J connectivity index is 1.83. The van der Waals surface area contributed by atoms with Gasteiger partial charge in [-0.25, -0.2) is 5.43 Å². The molecule has 3 amide bonds. The van der Waals surface area contributed by atoms with Crippen molar-refractivity contribution in [1.29, 1.82) is 0 Å². The monoisotopic (exact) mass is 404 g/mol. The summed E-state index contributed by atoms with van der Waals surface area (Å²) in [7, 11) is 3.03. The number of rotatable bonds is 7. The van der Waals surface area contributed by atoms with Crippen LogP contribution in [0.2, 0.25) is 0 Å². The molecule has 0 heterocycles. The Morgan fingerprint density at radius 1 is 1.07 bits per heavy atom. The Hall–Kier alpha value is -3.10. The maximum absolute atomic E-state index is 12.2. The molecule has 0 spiro atoms. The summed E-state index contributed by atoms with van der Waals surface area (Å²) in [5.41, 5.74) is 3.04. The minimum Gasteiger partial charge on any atom is -0.497 e. The van der Waals surface area contributed by atoms with E-state index in [0.29, 0.717) is 22.9 Å². The van der Waals surface area contributed by atoms with Crippen molar-refractivity contribution >= 4 is 29.1 Å². The highest BCUT2D eigenvalue weighted by Gasteiger charge is 2.20. The van der Waals surface area contributed by atoms with Gasteiger partial charge < -0.3 is 20.1 Å². The largest absolute Gasteiger partial charge is 0.497 e. The second-order valence-corrected chi connectivity index (χ2v) is 6.89. The van der Waals surface area contributed by atoms with E-state index in [1.54, 1.807) is 25.1 Å². The van der Waals surface area contributed by atoms with Crippen molar-refractivity contribution < 1.29 is 23.9 Å². The van der Waals surface area contributed by atoms with Gasteiger partial charge in [-0.15, -0.1) is 0 Å². The molecule has 0 unspecified atom stereocenters. The first-order valence-corrected chi connectivity index (χ1v) is 9.58. The fraction of sp³-hybridized carbons (Fsp3) is 0.500. The number of hydrogen-bond donors (Lipinski definition) is 3. The van der Waals surface area contributed by atoms with E-state index in [1.165, 1.54) is 14.2 Å². The van der Waals surface area contributed by atoms with Crippen LogP contribution in [0.3, 0.4) is 0 Å². The molecule has 1 fully saturated rings. The lowest BCUT2D eigenvalue weighted by molar-refractivity contribution is -0.139. The molecule has 9 heteroatoms. The van der Waals surface area contributed by atoms with E-state index in [9.17, 15) is 14.4 Å². The molecular formula is C20H28N4O5. The van der Waals surface area contributed by atoms with Gasteiger partial charge in [0, 0.05) is 17.8 Å². The molecule has 2 rings (SSSR count). The molecule has 0 aliphatic heterocycles. The van der Waals surface area contributed by atoms with Crippen LogP contribution in [0.15, 0.2) is 23.3 Å². The fourth-order valence-electron chi connectivity index (χ4n) is 3.06. The number of carbonyl (C=O) groups excluding carboxylic acids is 3. The molecule has 1 aromatic rings. The lowest BCUT2D eigenvalue weighted by Gasteiger charge is -2.22. The maximum Gasteiger partial charge on any atom is 0.329 e. The zero-order chi connectivity index (χ0) is 21.2. The summed E-state index contributed by atoms with van der Waals surface area (Å²) in [6.45, 7) is 1.59. The van der Waals surface area contributed by atoms with Gasteiger partial charge in [-0.05, 0) is 31.9 Å². The summed E-state index contributed by atoms with van der Waals surface area (Å²) in [5, 5.41) is 9.26. The number of carbonyl (C=O) groups is 3. The number of amides is 3. The molecule has 0 aromatic heterocycles. The summed E-state index contributed by atoms with van der Waals surface area (Å²) in [5.74, 6) is -0.824. The van der Waals surface area contributed by atoms with Gasteiger partial charge in [-0.3, -0.25) is 14.4 Å². The van der Waals surface area contributed by atoms with Crippen LogP contribution in [-0.4, -0.2) is 43.7 Å². The van der Waals surface area contributed by atoms with Crippen LogP contribution < -0.4 is 25.5 Å². The van der Waals surface area contributed by atoms with Crippen LogP contribution in [0.4, 0.5) is 5.69 Å². The minimum absolute atomic E-state index is 0.0392. The van der Waals surface area contributed by atoms with Gasteiger partial charge in [0.25, 0.3) is 0 Å². The molecule has 1 aliphatic rings. The topological polar surface area (TPSA) is 118 Å². The van der Waals surface area contributed by atoms with Crippen molar-refractivity contribution in [2.75, 3.05) is 19.5 Å². The molecule has 29 heavy (non-hydrogen) atoms. The van der Waals surface area contributed by atoms with E-state index in [4.69, 9.17) is 9.47 Å². The minimum atomic E-state index is -0.841. The number of benzene rings is 1. The average molecular weight is 404 g/mol. The Kier molecular flexibility index (Phi) is 8.45. The fourth-order valence-corrected chi connectivity index (χ4v) is 3.06. The van der Waals surface area contributed by atoms with Crippen LogP contribution in [0.1, 0.15) is 45.4 Å². The zero-order valence-electron chi connectivity index (χ0n) is 17.0. The first-order chi connectivity index (χ1) is 13.9. The van der Waals surface area contributed by atoms with Gasteiger partial charge in [0.1, 0.15) is 11.5 Å². The number of hydrazone groups is 1. The number of nitrogens with zero attached hydrogens (tertiary/aromatic N) is 1. The number of methoxy groups -OCH3 is 2. The number of hydrogen-bond acceptors (Lipinski definition) is 6. The van der Waals surface area contributed by atoms with Gasteiger partial charge >= 0.3 is 11.8 Å². The first kappa shape index (κ1) is 22.2. The maximum atomic E-state index is 12.2.